The first-order chi connectivity index (χ1) is 27.3. The van der Waals surface area contributed by atoms with Gasteiger partial charge in [0.25, 0.3) is 0 Å². The number of benzene rings is 8. The predicted octanol–water partition coefficient (Wildman–Crippen LogP) is 13.0. The van der Waals surface area contributed by atoms with Gasteiger partial charge in [-0.15, -0.1) is 0 Å². The van der Waals surface area contributed by atoms with Crippen LogP contribution in [0.1, 0.15) is 0 Å². The van der Waals surface area contributed by atoms with E-state index >= 15 is 0 Å². The summed E-state index contributed by atoms with van der Waals surface area (Å²) in [4.78, 5) is 15.6. The molecule has 258 valence electrons. The summed E-state index contributed by atoms with van der Waals surface area (Å²) in [6.45, 7) is 0. The molecule has 0 aliphatic rings. The largest absolute Gasteiger partial charge is 0.308 e. The van der Waals surface area contributed by atoms with Crippen LogP contribution in [0.2, 0.25) is 0 Å². The zero-order valence-corrected chi connectivity index (χ0v) is 29.9. The van der Waals surface area contributed by atoms with Gasteiger partial charge in [0, 0.05) is 27.5 Å². The van der Waals surface area contributed by atoms with Crippen molar-refractivity contribution in [1.82, 2.24) is 19.5 Å². The van der Waals surface area contributed by atoms with Crippen LogP contribution in [0, 0.1) is 0 Å². The molecule has 0 unspecified atom stereocenters. The summed E-state index contributed by atoms with van der Waals surface area (Å²) in [6.07, 6.45) is 0. The molecule has 0 spiro atoms. The molecule has 0 saturated heterocycles. The average Bonchev–Trinajstić information content (AvgIpc) is 3.62. The van der Waals surface area contributed by atoms with Crippen molar-refractivity contribution in [3.63, 3.8) is 0 Å². The van der Waals surface area contributed by atoms with Crippen molar-refractivity contribution in [2.45, 2.75) is 0 Å². The zero-order valence-electron chi connectivity index (χ0n) is 29.9. The van der Waals surface area contributed by atoms with E-state index in [4.69, 9.17) is 15.0 Å². The maximum absolute atomic E-state index is 5.30. The van der Waals surface area contributed by atoms with Crippen molar-refractivity contribution in [3.05, 3.63) is 206 Å². The van der Waals surface area contributed by atoms with Gasteiger partial charge < -0.3 is 4.57 Å². The number of hydrogen-bond donors (Lipinski definition) is 0. The number of aromatic nitrogens is 4. The molecule has 0 amide bonds. The quantitative estimate of drug-likeness (QED) is 0.166. The van der Waals surface area contributed by atoms with Crippen LogP contribution in [-0.4, -0.2) is 19.5 Å². The summed E-state index contributed by atoms with van der Waals surface area (Å²) in [5.74, 6) is 1.85. The highest BCUT2D eigenvalue weighted by atomic mass is 15.1. The molecule has 2 aromatic heterocycles. The fraction of sp³-hybridized carbons (Fsp3) is 0. The fourth-order valence-corrected chi connectivity index (χ4v) is 7.66. The molecule has 2 heterocycles. The SMILES string of the molecule is c1ccc(-c2cccc(-c3nc(-c4ccccc4)nc(-c4ccc(-c5ccccc5)cc4-n4c5ccccc5c5c(-c6ccccc6)cccc54)n3)c2)cc1. The lowest BCUT2D eigenvalue weighted by Gasteiger charge is -2.17. The molecule has 4 nitrogen and oxygen atoms in total. The second kappa shape index (κ2) is 13.8. The lowest BCUT2D eigenvalue weighted by molar-refractivity contribution is 1.06. The Bertz CT molecular complexity index is 2950. The van der Waals surface area contributed by atoms with Gasteiger partial charge in [0.1, 0.15) is 0 Å². The second-order valence-electron chi connectivity index (χ2n) is 13.6. The summed E-state index contributed by atoms with van der Waals surface area (Å²) < 4.78 is 2.39. The van der Waals surface area contributed by atoms with Crippen molar-refractivity contribution >= 4 is 21.8 Å². The highest BCUT2D eigenvalue weighted by Gasteiger charge is 2.22. The number of rotatable bonds is 7. The molecule has 0 N–H and O–H groups in total. The smallest absolute Gasteiger partial charge is 0.166 e. The van der Waals surface area contributed by atoms with Crippen LogP contribution in [0.3, 0.4) is 0 Å². The average molecular weight is 703 g/mol. The van der Waals surface area contributed by atoms with E-state index in [-0.39, 0.29) is 0 Å². The lowest BCUT2D eigenvalue weighted by Crippen LogP contribution is -2.04. The molecule has 0 radical (unpaired) electrons. The van der Waals surface area contributed by atoms with E-state index in [9.17, 15) is 0 Å². The van der Waals surface area contributed by atoms with E-state index in [1.165, 1.54) is 21.9 Å². The van der Waals surface area contributed by atoms with Gasteiger partial charge in [0.05, 0.1) is 16.7 Å². The van der Waals surface area contributed by atoms with Crippen LogP contribution in [0.15, 0.2) is 206 Å². The van der Waals surface area contributed by atoms with Crippen molar-refractivity contribution in [1.29, 1.82) is 0 Å². The first kappa shape index (κ1) is 32.2. The Morgan fingerprint density at radius 3 is 1.47 bits per heavy atom. The summed E-state index contributed by atoms with van der Waals surface area (Å²) >= 11 is 0. The van der Waals surface area contributed by atoms with E-state index in [1.54, 1.807) is 0 Å². The van der Waals surface area contributed by atoms with Crippen molar-refractivity contribution in [3.8, 4) is 73.2 Å². The van der Waals surface area contributed by atoms with Crippen molar-refractivity contribution < 1.29 is 0 Å². The number of hydrogen-bond acceptors (Lipinski definition) is 3. The maximum Gasteiger partial charge on any atom is 0.166 e. The Morgan fingerprint density at radius 1 is 0.291 bits per heavy atom. The third-order valence-electron chi connectivity index (χ3n) is 10.3. The Hall–Kier alpha value is -7.43. The first-order valence-corrected chi connectivity index (χ1v) is 18.5. The van der Waals surface area contributed by atoms with Crippen molar-refractivity contribution in [2.24, 2.45) is 0 Å². The predicted molar refractivity (Wildman–Crippen MR) is 227 cm³/mol. The van der Waals surface area contributed by atoms with Gasteiger partial charge in [0.2, 0.25) is 0 Å². The molecule has 0 fully saturated rings. The molecule has 0 aliphatic carbocycles. The van der Waals surface area contributed by atoms with Gasteiger partial charge in [-0.1, -0.05) is 176 Å². The number of nitrogens with zero attached hydrogens (tertiary/aromatic N) is 4. The van der Waals surface area contributed by atoms with Crippen LogP contribution < -0.4 is 0 Å². The molecule has 10 rings (SSSR count). The summed E-state index contributed by atoms with van der Waals surface area (Å²) in [7, 11) is 0. The molecular weight excluding hydrogens is 669 g/mol. The molecule has 10 aromatic rings. The normalized spacial score (nSPS) is 11.3. The van der Waals surface area contributed by atoms with Gasteiger partial charge in [0.15, 0.2) is 17.5 Å². The topological polar surface area (TPSA) is 43.6 Å². The maximum atomic E-state index is 5.30. The minimum absolute atomic E-state index is 0.605. The van der Waals surface area contributed by atoms with E-state index in [0.29, 0.717) is 17.5 Å². The van der Waals surface area contributed by atoms with Gasteiger partial charge in [-0.2, -0.15) is 0 Å². The van der Waals surface area contributed by atoms with Gasteiger partial charge in [-0.05, 0) is 63.7 Å². The Kier molecular flexibility index (Phi) is 8.12. The number of fused-ring (bicyclic) bond motifs is 3. The van der Waals surface area contributed by atoms with Crippen LogP contribution >= 0.6 is 0 Å². The van der Waals surface area contributed by atoms with Gasteiger partial charge in [-0.25, -0.2) is 15.0 Å². The molecule has 8 aromatic carbocycles. The molecule has 55 heavy (non-hydrogen) atoms. The Balaban J connectivity index is 1.26. The van der Waals surface area contributed by atoms with E-state index in [1.807, 2.05) is 24.3 Å². The van der Waals surface area contributed by atoms with Crippen molar-refractivity contribution in [2.75, 3.05) is 0 Å². The van der Waals surface area contributed by atoms with Crippen LogP contribution in [0.4, 0.5) is 0 Å². The zero-order chi connectivity index (χ0) is 36.6. The van der Waals surface area contributed by atoms with Crippen LogP contribution in [0.25, 0.3) is 95.0 Å². The lowest BCUT2D eigenvalue weighted by atomic mass is 9.99. The highest BCUT2D eigenvalue weighted by Crippen LogP contribution is 2.41. The highest BCUT2D eigenvalue weighted by molar-refractivity contribution is 6.16. The molecule has 0 bridgehead atoms. The first-order valence-electron chi connectivity index (χ1n) is 18.5. The Labute approximate surface area is 319 Å². The molecule has 0 saturated carbocycles. The third kappa shape index (κ3) is 5.96. The summed E-state index contributed by atoms with van der Waals surface area (Å²) in [5.41, 5.74) is 12.9. The standard InChI is InChI=1S/C51H34N4/c1-5-17-35(18-6-1)39-25-15-26-41(33-39)50-52-49(38-23-11-4-12-24-38)53-51(54-50)44-32-31-40(36-19-7-2-8-20-36)34-47(44)55-45-29-14-13-27-43(45)48-42(28-16-30-46(48)55)37-21-9-3-10-22-37/h1-34H. The van der Waals surface area contributed by atoms with Gasteiger partial charge >= 0.3 is 0 Å². The Morgan fingerprint density at radius 2 is 0.782 bits per heavy atom. The monoisotopic (exact) mass is 702 g/mol. The summed E-state index contributed by atoms with van der Waals surface area (Å²) in [6, 6.07) is 72.2. The van der Waals surface area contributed by atoms with E-state index in [2.05, 4.69) is 187 Å². The molecule has 0 aliphatic heterocycles. The minimum Gasteiger partial charge on any atom is -0.308 e. The molecule has 0 atom stereocenters. The minimum atomic E-state index is 0.605. The molecule has 4 heteroatoms. The van der Waals surface area contributed by atoms with E-state index < -0.39 is 0 Å². The van der Waals surface area contributed by atoms with Crippen LogP contribution in [-0.2, 0) is 0 Å². The third-order valence-corrected chi connectivity index (χ3v) is 10.3. The summed E-state index contributed by atoms with van der Waals surface area (Å²) in [5, 5.41) is 2.39. The van der Waals surface area contributed by atoms with Crippen LogP contribution in [0.5, 0.6) is 0 Å². The number of para-hydroxylation sites is 1. The van der Waals surface area contributed by atoms with Gasteiger partial charge in [-0.3, -0.25) is 0 Å². The second-order valence-corrected chi connectivity index (χ2v) is 13.6. The molecular formula is C51H34N4. The fourth-order valence-electron chi connectivity index (χ4n) is 7.66. The van der Waals surface area contributed by atoms with E-state index in [0.717, 1.165) is 55.7 Å².